The number of aldehydes is 1. The normalized spacial score (nSPS) is 17.8. The van der Waals surface area contributed by atoms with Gasteiger partial charge in [-0.2, -0.15) is 0 Å². The van der Waals surface area contributed by atoms with Crippen LogP contribution in [0.15, 0.2) is 60.7 Å². The summed E-state index contributed by atoms with van der Waals surface area (Å²) < 4.78 is 10.5. The third kappa shape index (κ3) is 6.54. The summed E-state index contributed by atoms with van der Waals surface area (Å²) in [6.45, 7) is 0.442. The van der Waals surface area contributed by atoms with Crippen molar-refractivity contribution in [2.75, 3.05) is 6.61 Å². The molecule has 6 heteroatoms. The zero-order valence-corrected chi connectivity index (χ0v) is 19.6. The van der Waals surface area contributed by atoms with Crippen molar-refractivity contribution in [3.05, 3.63) is 71.8 Å². The minimum Gasteiger partial charge on any atom is -0.460 e. The average Bonchev–Trinajstić information content (AvgIpc) is 3.59. The summed E-state index contributed by atoms with van der Waals surface area (Å²) in [5.41, 5.74) is 0.427. The SMILES string of the molecule is O=C(OCc1ccccc1)C1(CO)CCCC1.O=CC1(C(=O)OCc2ccccc2)CCCC1. The van der Waals surface area contributed by atoms with Crippen LogP contribution in [0.4, 0.5) is 0 Å². The summed E-state index contributed by atoms with van der Waals surface area (Å²) in [5, 5.41) is 9.38. The molecule has 0 spiro atoms. The van der Waals surface area contributed by atoms with Crippen LogP contribution in [0.3, 0.4) is 0 Å². The van der Waals surface area contributed by atoms with Crippen molar-refractivity contribution in [1.29, 1.82) is 0 Å². The second kappa shape index (κ2) is 12.5. The molecule has 0 radical (unpaired) electrons. The quantitative estimate of drug-likeness (QED) is 0.342. The number of carbonyl (C=O) groups is 3. The van der Waals surface area contributed by atoms with Crippen LogP contribution in [-0.4, -0.2) is 29.9 Å². The highest BCUT2D eigenvalue weighted by Crippen LogP contribution is 2.39. The van der Waals surface area contributed by atoms with Crippen molar-refractivity contribution in [3.63, 3.8) is 0 Å². The maximum atomic E-state index is 12.0. The van der Waals surface area contributed by atoms with E-state index in [0.29, 0.717) is 19.4 Å². The minimum atomic E-state index is -0.866. The monoisotopic (exact) mass is 466 g/mol. The molecule has 0 aliphatic heterocycles. The predicted octanol–water partition coefficient (Wildman–Crippen LogP) is 4.77. The van der Waals surface area contributed by atoms with Crippen LogP contribution in [0.2, 0.25) is 0 Å². The summed E-state index contributed by atoms with van der Waals surface area (Å²) in [7, 11) is 0. The Balaban J connectivity index is 0.000000191. The summed E-state index contributed by atoms with van der Waals surface area (Å²) in [6.07, 6.45) is 7.39. The van der Waals surface area contributed by atoms with Gasteiger partial charge in [-0.3, -0.25) is 9.59 Å². The fraction of sp³-hybridized carbons (Fsp3) is 0.464. The molecule has 4 rings (SSSR count). The van der Waals surface area contributed by atoms with E-state index in [1.165, 1.54) is 0 Å². The number of ether oxygens (including phenoxy) is 2. The van der Waals surface area contributed by atoms with Gasteiger partial charge in [0.1, 0.15) is 24.9 Å². The number of rotatable bonds is 8. The number of aliphatic hydroxyl groups is 1. The highest BCUT2D eigenvalue weighted by Gasteiger charge is 2.43. The maximum Gasteiger partial charge on any atom is 0.319 e. The molecule has 2 aliphatic carbocycles. The van der Waals surface area contributed by atoms with Gasteiger partial charge in [0.25, 0.3) is 0 Å². The van der Waals surface area contributed by atoms with Crippen molar-refractivity contribution < 1.29 is 29.0 Å². The molecular formula is C28H34O6. The Kier molecular flexibility index (Phi) is 9.40. The standard InChI is InChI=1S/C14H18O3.C14H16O3/c2*15-11-14(8-4-5-9-14)13(16)17-10-12-6-2-1-3-7-12/h1-3,6-7,15H,4-5,8-11H2;1-3,6-7,11H,4-5,8-10H2. The van der Waals surface area contributed by atoms with Crippen LogP contribution in [0, 0.1) is 10.8 Å². The van der Waals surface area contributed by atoms with E-state index in [1.807, 2.05) is 60.7 Å². The van der Waals surface area contributed by atoms with Crippen LogP contribution in [-0.2, 0) is 37.1 Å². The van der Waals surface area contributed by atoms with Crippen molar-refractivity contribution >= 4 is 18.2 Å². The number of esters is 2. The Morgan fingerprint density at radius 2 is 1.18 bits per heavy atom. The summed E-state index contributed by atoms with van der Waals surface area (Å²) >= 11 is 0. The van der Waals surface area contributed by atoms with Gasteiger partial charge < -0.3 is 19.4 Å². The van der Waals surface area contributed by atoms with Crippen LogP contribution in [0.25, 0.3) is 0 Å². The van der Waals surface area contributed by atoms with Gasteiger partial charge in [0.15, 0.2) is 0 Å². The molecule has 0 bridgehead atoms. The lowest BCUT2D eigenvalue weighted by Gasteiger charge is -2.23. The molecule has 2 fully saturated rings. The molecular weight excluding hydrogens is 432 g/mol. The van der Waals surface area contributed by atoms with Crippen molar-refractivity contribution in [2.24, 2.45) is 10.8 Å². The fourth-order valence-corrected chi connectivity index (χ4v) is 4.60. The molecule has 0 unspecified atom stereocenters. The van der Waals surface area contributed by atoms with Crippen LogP contribution < -0.4 is 0 Å². The maximum absolute atomic E-state index is 12.0. The first-order chi connectivity index (χ1) is 16.5. The lowest BCUT2D eigenvalue weighted by atomic mass is 9.87. The van der Waals surface area contributed by atoms with Crippen molar-refractivity contribution in [1.82, 2.24) is 0 Å². The summed E-state index contributed by atoms with van der Waals surface area (Å²) in [6, 6.07) is 19.1. The van der Waals surface area contributed by atoms with E-state index in [-0.39, 0.29) is 25.2 Å². The van der Waals surface area contributed by atoms with Crippen LogP contribution >= 0.6 is 0 Å². The average molecular weight is 467 g/mol. The van der Waals surface area contributed by atoms with E-state index in [1.54, 1.807) is 0 Å². The Hall–Kier alpha value is -2.99. The second-order valence-electron chi connectivity index (χ2n) is 9.25. The third-order valence-electron chi connectivity index (χ3n) is 6.85. The fourth-order valence-electron chi connectivity index (χ4n) is 4.60. The largest absolute Gasteiger partial charge is 0.460 e. The van der Waals surface area contributed by atoms with E-state index < -0.39 is 10.8 Å². The van der Waals surface area contributed by atoms with E-state index in [4.69, 9.17) is 9.47 Å². The third-order valence-corrected chi connectivity index (χ3v) is 6.85. The molecule has 2 aromatic rings. The molecule has 0 heterocycles. The molecule has 6 nitrogen and oxygen atoms in total. The molecule has 0 amide bonds. The number of hydrogen-bond donors (Lipinski definition) is 1. The van der Waals surface area contributed by atoms with Gasteiger partial charge in [-0.25, -0.2) is 0 Å². The Labute approximate surface area is 201 Å². The van der Waals surface area contributed by atoms with Gasteiger partial charge in [0, 0.05) is 0 Å². The lowest BCUT2D eigenvalue weighted by molar-refractivity contribution is -0.160. The van der Waals surface area contributed by atoms with Crippen LogP contribution in [0.1, 0.15) is 62.5 Å². The first-order valence-electron chi connectivity index (χ1n) is 12.0. The highest BCUT2D eigenvalue weighted by atomic mass is 16.5. The second-order valence-corrected chi connectivity index (χ2v) is 9.25. The molecule has 1 N–H and O–H groups in total. The van der Waals surface area contributed by atoms with E-state index in [2.05, 4.69) is 0 Å². The molecule has 0 atom stereocenters. The topological polar surface area (TPSA) is 89.9 Å². The van der Waals surface area contributed by atoms with Crippen molar-refractivity contribution in [2.45, 2.75) is 64.6 Å². The van der Waals surface area contributed by atoms with E-state index in [9.17, 15) is 19.5 Å². The summed E-state index contributed by atoms with van der Waals surface area (Å²) in [5.74, 6) is -0.616. The van der Waals surface area contributed by atoms with Crippen molar-refractivity contribution in [3.8, 4) is 0 Å². The Morgan fingerprint density at radius 3 is 1.62 bits per heavy atom. The molecule has 2 saturated carbocycles. The first-order valence-corrected chi connectivity index (χ1v) is 12.0. The molecule has 0 aromatic heterocycles. The van der Waals surface area contributed by atoms with Gasteiger partial charge >= 0.3 is 11.9 Å². The molecule has 34 heavy (non-hydrogen) atoms. The first kappa shape index (κ1) is 25.6. The zero-order chi connectivity index (χ0) is 24.3. The molecule has 2 aliphatic rings. The number of carbonyl (C=O) groups excluding carboxylic acids is 3. The Morgan fingerprint density at radius 1 is 0.735 bits per heavy atom. The van der Waals surface area contributed by atoms with Gasteiger partial charge in [-0.1, -0.05) is 86.3 Å². The minimum absolute atomic E-state index is 0.0966. The molecule has 0 saturated heterocycles. The predicted molar refractivity (Wildman–Crippen MR) is 127 cm³/mol. The number of aliphatic hydroxyl groups excluding tert-OH is 1. The smallest absolute Gasteiger partial charge is 0.319 e. The zero-order valence-electron chi connectivity index (χ0n) is 19.6. The van der Waals surface area contributed by atoms with Gasteiger partial charge in [-0.15, -0.1) is 0 Å². The number of hydrogen-bond acceptors (Lipinski definition) is 6. The van der Waals surface area contributed by atoms with Gasteiger partial charge in [0.2, 0.25) is 0 Å². The summed E-state index contributed by atoms with van der Waals surface area (Å²) in [4.78, 5) is 35.0. The molecule has 182 valence electrons. The van der Waals surface area contributed by atoms with E-state index in [0.717, 1.165) is 55.9 Å². The van der Waals surface area contributed by atoms with Crippen LogP contribution in [0.5, 0.6) is 0 Å². The Bertz CT molecular complexity index is 912. The molecule has 2 aromatic carbocycles. The van der Waals surface area contributed by atoms with E-state index >= 15 is 0 Å². The lowest BCUT2D eigenvalue weighted by Crippen LogP contribution is -2.33. The highest BCUT2D eigenvalue weighted by molar-refractivity contribution is 5.93. The van der Waals surface area contributed by atoms with Gasteiger partial charge in [0.05, 0.1) is 12.0 Å². The number of benzene rings is 2. The van der Waals surface area contributed by atoms with Gasteiger partial charge in [-0.05, 0) is 36.8 Å².